The molecule has 1 atom stereocenters. The number of pyridine rings is 1. The average Bonchev–Trinajstić information content (AvgIpc) is 2.88. The van der Waals surface area contributed by atoms with Crippen LogP contribution in [0.3, 0.4) is 0 Å². The van der Waals surface area contributed by atoms with Crippen LogP contribution in [0, 0.1) is 12.7 Å². The third kappa shape index (κ3) is 6.12. The van der Waals surface area contributed by atoms with Gasteiger partial charge < -0.3 is 5.32 Å². The number of benzene rings is 3. The normalized spacial score (nSPS) is 13.5. The summed E-state index contributed by atoms with van der Waals surface area (Å²) in [6.45, 7) is 1.28. The van der Waals surface area contributed by atoms with Crippen LogP contribution in [0.2, 0.25) is 5.02 Å². The van der Waals surface area contributed by atoms with Crippen LogP contribution < -0.4 is 5.32 Å². The summed E-state index contributed by atoms with van der Waals surface area (Å²) < 4.78 is 95.9. The Bertz CT molecular complexity index is 1520. The van der Waals surface area contributed by atoms with E-state index in [1.165, 1.54) is 37.4 Å². The Morgan fingerprint density at radius 1 is 0.850 bits per heavy atom. The van der Waals surface area contributed by atoms with Crippen LogP contribution >= 0.6 is 11.6 Å². The van der Waals surface area contributed by atoms with Crippen molar-refractivity contribution in [2.45, 2.75) is 31.2 Å². The molecule has 0 aliphatic carbocycles. The van der Waals surface area contributed by atoms with Crippen LogP contribution in [0.1, 0.15) is 43.9 Å². The second-order valence-electron chi connectivity index (χ2n) is 9.10. The molecule has 208 valence electrons. The number of rotatable bonds is 6. The van der Waals surface area contributed by atoms with Crippen molar-refractivity contribution in [3.05, 3.63) is 135 Å². The molecular formula is C29H20ClF7N2O. The minimum atomic E-state index is -5.09. The summed E-state index contributed by atoms with van der Waals surface area (Å²) in [5, 5.41) is 2.85. The number of nitrogens with zero attached hydrogens (tertiary/aromatic N) is 1. The number of hydrogen-bond acceptors (Lipinski definition) is 2. The Hall–Kier alpha value is -3.92. The van der Waals surface area contributed by atoms with E-state index in [-0.39, 0.29) is 28.3 Å². The largest absolute Gasteiger partial charge is 0.419 e. The highest BCUT2D eigenvalue weighted by molar-refractivity contribution is 6.30. The third-order valence-corrected chi connectivity index (χ3v) is 6.60. The maximum absolute atomic E-state index is 14.0. The molecular weight excluding hydrogens is 561 g/mol. The van der Waals surface area contributed by atoms with Gasteiger partial charge in [0.05, 0.1) is 21.8 Å². The summed E-state index contributed by atoms with van der Waals surface area (Å²) in [4.78, 5) is 17.8. The minimum Gasteiger partial charge on any atom is -0.337 e. The van der Waals surface area contributed by atoms with Crippen LogP contribution in [0.15, 0.2) is 85.1 Å². The molecule has 3 nitrogen and oxygen atoms in total. The number of aryl methyl sites for hydroxylation is 1. The van der Waals surface area contributed by atoms with Gasteiger partial charge in [0, 0.05) is 18.2 Å². The summed E-state index contributed by atoms with van der Waals surface area (Å²) in [6, 6.07) is 16.5. The van der Waals surface area contributed by atoms with Crippen molar-refractivity contribution in [2.24, 2.45) is 0 Å². The zero-order chi connectivity index (χ0) is 29.3. The Morgan fingerprint density at radius 2 is 1.52 bits per heavy atom. The van der Waals surface area contributed by atoms with Crippen LogP contribution in [-0.2, 0) is 24.3 Å². The zero-order valence-electron chi connectivity index (χ0n) is 20.7. The van der Waals surface area contributed by atoms with Crippen LogP contribution in [0.25, 0.3) is 0 Å². The number of amides is 1. The summed E-state index contributed by atoms with van der Waals surface area (Å²) in [5.74, 6) is -2.67. The highest BCUT2D eigenvalue weighted by Crippen LogP contribution is 2.39. The second-order valence-corrected chi connectivity index (χ2v) is 9.54. The maximum atomic E-state index is 14.0. The molecule has 0 bridgehead atoms. The number of halogens is 8. The van der Waals surface area contributed by atoms with Gasteiger partial charge in [-0.05, 0) is 60.0 Å². The smallest absolute Gasteiger partial charge is 0.337 e. The topological polar surface area (TPSA) is 42.0 Å². The van der Waals surface area contributed by atoms with Gasteiger partial charge in [-0.1, -0.05) is 54.1 Å². The number of hydrogen-bond donors (Lipinski definition) is 1. The van der Waals surface area contributed by atoms with E-state index in [1.54, 1.807) is 30.3 Å². The van der Waals surface area contributed by atoms with Gasteiger partial charge in [-0.25, -0.2) is 4.39 Å². The van der Waals surface area contributed by atoms with E-state index in [9.17, 15) is 35.5 Å². The molecule has 1 heterocycles. The van der Waals surface area contributed by atoms with Gasteiger partial charge >= 0.3 is 12.4 Å². The van der Waals surface area contributed by atoms with E-state index >= 15 is 0 Å². The van der Waals surface area contributed by atoms with Gasteiger partial charge in [0.25, 0.3) is 5.91 Å². The first kappa shape index (κ1) is 29.1. The number of aromatic nitrogens is 1. The van der Waals surface area contributed by atoms with Crippen molar-refractivity contribution in [1.29, 1.82) is 0 Å². The molecule has 0 saturated carbocycles. The highest BCUT2D eigenvalue weighted by atomic mass is 35.5. The van der Waals surface area contributed by atoms with Crippen LogP contribution in [-0.4, -0.2) is 10.9 Å². The molecule has 1 N–H and O–H groups in total. The van der Waals surface area contributed by atoms with E-state index in [4.69, 9.17) is 11.6 Å². The monoisotopic (exact) mass is 580 g/mol. The lowest BCUT2D eigenvalue weighted by Crippen LogP contribution is -2.49. The van der Waals surface area contributed by atoms with Crippen molar-refractivity contribution < 1.29 is 35.5 Å². The van der Waals surface area contributed by atoms with E-state index in [1.807, 2.05) is 0 Å². The molecule has 0 saturated heterocycles. The number of carbonyl (C=O) groups is 1. The number of alkyl halides is 6. The molecule has 4 aromatic rings. The number of nitrogens with one attached hydrogen (secondary N) is 1. The van der Waals surface area contributed by atoms with Gasteiger partial charge in [-0.3, -0.25) is 9.78 Å². The highest BCUT2D eigenvalue weighted by Gasteiger charge is 2.41. The predicted octanol–water partition coefficient (Wildman–Crippen LogP) is 8.14. The summed E-state index contributed by atoms with van der Waals surface area (Å²) in [5.41, 5.74) is -4.45. The van der Waals surface area contributed by atoms with E-state index < -0.39 is 46.3 Å². The van der Waals surface area contributed by atoms with E-state index in [2.05, 4.69) is 10.3 Å². The summed E-state index contributed by atoms with van der Waals surface area (Å²) in [6.07, 6.45) is -8.73. The Kier molecular flexibility index (Phi) is 7.94. The van der Waals surface area contributed by atoms with Crippen molar-refractivity contribution in [2.75, 3.05) is 0 Å². The third-order valence-electron chi connectivity index (χ3n) is 6.37. The van der Waals surface area contributed by atoms with Gasteiger partial charge in [0.2, 0.25) is 0 Å². The van der Waals surface area contributed by atoms with Gasteiger partial charge in [0.15, 0.2) is 0 Å². The standard InChI is InChI=1S/C29H20ClF7N2O/c1-17-7-9-20(14-22(17)28(32,33)34)27(15-18-5-3-2-4-6-18,25-12-10-21(30)16-38-25)39-26(40)19-8-11-24(31)23(13-19)29(35,36)37/h2-14,16H,15H2,1H3,(H,39,40). The first-order chi connectivity index (χ1) is 18.7. The molecule has 11 heteroatoms. The fourth-order valence-electron chi connectivity index (χ4n) is 4.39. The average molecular weight is 581 g/mol. The van der Waals surface area contributed by atoms with Crippen LogP contribution in [0.5, 0.6) is 0 Å². The SMILES string of the molecule is Cc1ccc(C(Cc2ccccc2)(NC(=O)c2ccc(F)c(C(F)(F)F)c2)c2ccc(Cl)cn2)cc1C(F)(F)F. The second kappa shape index (κ2) is 10.9. The first-order valence-electron chi connectivity index (χ1n) is 11.7. The molecule has 0 radical (unpaired) electrons. The molecule has 40 heavy (non-hydrogen) atoms. The lowest BCUT2D eigenvalue weighted by atomic mass is 9.79. The maximum Gasteiger partial charge on any atom is 0.419 e. The van der Waals surface area contributed by atoms with Crippen molar-refractivity contribution in [3.8, 4) is 0 Å². The van der Waals surface area contributed by atoms with Crippen molar-refractivity contribution >= 4 is 17.5 Å². The Balaban J connectivity index is 1.97. The van der Waals surface area contributed by atoms with Gasteiger partial charge in [0.1, 0.15) is 11.4 Å². The fraction of sp³-hybridized carbons (Fsp3) is 0.172. The molecule has 4 rings (SSSR count). The van der Waals surface area contributed by atoms with Gasteiger partial charge in [-0.2, -0.15) is 26.3 Å². The van der Waals surface area contributed by atoms with E-state index in [0.29, 0.717) is 17.7 Å². The predicted molar refractivity (Wildman–Crippen MR) is 135 cm³/mol. The molecule has 3 aromatic carbocycles. The lowest BCUT2D eigenvalue weighted by molar-refractivity contribution is -0.140. The zero-order valence-corrected chi connectivity index (χ0v) is 21.4. The Labute approximate surface area is 229 Å². The lowest BCUT2D eigenvalue weighted by Gasteiger charge is -2.36. The number of carbonyl (C=O) groups excluding carboxylic acids is 1. The van der Waals surface area contributed by atoms with Gasteiger partial charge in [-0.15, -0.1) is 0 Å². The minimum absolute atomic E-state index is 0.0318. The Morgan fingerprint density at radius 3 is 2.12 bits per heavy atom. The summed E-state index contributed by atoms with van der Waals surface area (Å²) in [7, 11) is 0. The van der Waals surface area contributed by atoms with E-state index in [0.717, 1.165) is 12.1 Å². The molecule has 0 spiro atoms. The molecule has 1 amide bonds. The summed E-state index contributed by atoms with van der Waals surface area (Å²) >= 11 is 6.01. The first-order valence-corrected chi connectivity index (χ1v) is 12.1. The molecule has 0 aliphatic rings. The van der Waals surface area contributed by atoms with Crippen LogP contribution in [0.4, 0.5) is 30.7 Å². The van der Waals surface area contributed by atoms with Crippen molar-refractivity contribution in [3.63, 3.8) is 0 Å². The van der Waals surface area contributed by atoms with Crippen molar-refractivity contribution in [1.82, 2.24) is 10.3 Å². The molecule has 1 aromatic heterocycles. The molecule has 1 unspecified atom stereocenters. The molecule has 0 fully saturated rings. The molecule has 0 aliphatic heterocycles. The fourth-order valence-corrected chi connectivity index (χ4v) is 4.51. The quantitative estimate of drug-likeness (QED) is 0.234.